The van der Waals surface area contributed by atoms with E-state index in [9.17, 15) is 49.1 Å². The summed E-state index contributed by atoms with van der Waals surface area (Å²) in [5, 5.41) is 2.91. The molecule has 3 aliphatic rings. The normalized spacial score (nSPS) is 19.4. The monoisotopic (exact) mass is 790 g/mol. The summed E-state index contributed by atoms with van der Waals surface area (Å²) in [5.41, 5.74) is -0.304. The topological polar surface area (TPSA) is 151 Å². The highest BCUT2D eigenvalue weighted by atomic mass is 32.2. The fraction of sp³-hybridized carbons (Fsp3) is 0.469. The maximum atomic E-state index is 14.3. The predicted octanol–water partition coefficient (Wildman–Crippen LogP) is 4.30. The van der Waals surface area contributed by atoms with Crippen LogP contribution < -0.4 is 10.2 Å². The average Bonchev–Trinajstić information content (AvgIpc) is 3.50. The van der Waals surface area contributed by atoms with Crippen molar-refractivity contribution in [2.45, 2.75) is 49.6 Å². The fourth-order valence-corrected chi connectivity index (χ4v) is 9.13. The molecule has 6 rings (SSSR count). The largest absolute Gasteiger partial charge is 0.471 e. The summed E-state index contributed by atoms with van der Waals surface area (Å²) in [7, 11) is -4.03. The van der Waals surface area contributed by atoms with E-state index < -0.39 is 69.6 Å². The molecule has 0 spiro atoms. The Bertz CT molecular complexity index is 2040. The fourth-order valence-electron chi connectivity index (χ4n) is 6.21. The number of carbonyl (C=O) groups excluding carboxylic acids is 3. The number of aryl methyl sites for hydroxylation is 1. The number of hydrogen-bond acceptors (Lipinski definition) is 12. The number of nitrogens with one attached hydrogen (secondary N) is 1. The first-order valence-electron chi connectivity index (χ1n) is 16.2. The van der Waals surface area contributed by atoms with Gasteiger partial charge in [0.25, 0.3) is 5.91 Å². The van der Waals surface area contributed by atoms with Crippen LogP contribution in [0.1, 0.15) is 34.6 Å². The van der Waals surface area contributed by atoms with E-state index in [4.69, 9.17) is 9.47 Å². The molecular formula is C32H32F6N6O7S2. The minimum absolute atomic E-state index is 0.0227. The van der Waals surface area contributed by atoms with Crippen LogP contribution in [0, 0.1) is 0 Å². The van der Waals surface area contributed by atoms with Gasteiger partial charge in [-0.3, -0.25) is 14.4 Å². The van der Waals surface area contributed by atoms with Gasteiger partial charge in [-0.25, -0.2) is 18.4 Å². The van der Waals surface area contributed by atoms with Crippen molar-refractivity contribution in [2.75, 3.05) is 62.0 Å². The van der Waals surface area contributed by atoms with Crippen molar-refractivity contribution in [1.29, 1.82) is 0 Å². The molecule has 1 aromatic carbocycles. The lowest BCUT2D eigenvalue weighted by molar-refractivity contribution is -0.189. The molecule has 2 amide bonds. The van der Waals surface area contributed by atoms with Gasteiger partial charge in [0, 0.05) is 50.7 Å². The summed E-state index contributed by atoms with van der Waals surface area (Å²) in [5.74, 6) is -4.06. The zero-order valence-corrected chi connectivity index (χ0v) is 29.7. The summed E-state index contributed by atoms with van der Waals surface area (Å²) in [6.07, 6.45) is -9.11. The van der Waals surface area contributed by atoms with Gasteiger partial charge < -0.3 is 29.5 Å². The molecule has 13 nitrogen and oxygen atoms in total. The van der Waals surface area contributed by atoms with Gasteiger partial charge in [-0.05, 0) is 36.2 Å². The maximum absolute atomic E-state index is 14.3. The van der Waals surface area contributed by atoms with Crippen LogP contribution in [0.25, 0.3) is 10.6 Å². The van der Waals surface area contributed by atoms with Gasteiger partial charge in [0.05, 0.1) is 46.5 Å². The van der Waals surface area contributed by atoms with E-state index in [0.717, 1.165) is 13.0 Å². The van der Waals surface area contributed by atoms with E-state index in [-0.39, 0.29) is 66.0 Å². The van der Waals surface area contributed by atoms with Crippen molar-refractivity contribution in [3.05, 3.63) is 46.5 Å². The lowest BCUT2D eigenvalue weighted by Gasteiger charge is -2.42. The first-order valence-corrected chi connectivity index (χ1v) is 18.7. The van der Waals surface area contributed by atoms with Gasteiger partial charge in [0.15, 0.2) is 9.84 Å². The Balaban J connectivity index is 1.29. The van der Waals surface area contributed by atoms with Gasteiger partial charge in [-0.2, -0.15) is 26.3 Å². The second kappa shape index (κ2) is 14.4. The zero-order chi connectivity index (χ0) is 38.5. The molecule has 5 heterocycles. The number of aromatic nitrogens is 2. The average molecular weight is 791 g/mol. The number of ether oxygens (including phenoxy) is 2. The predicted molar refractivity (Wildman–Crippen MR) is 178 cm³/mol. The number of thiophene rings is 1. The number of fused-ring (bicyclic) bond motifs is 1. The summed E-state index contributed by atoms with van der Waals surface area (Å²) in [6.45, 7) is 2.41. The summed E-state index contributed by atoms with van der Waals surface area (Å²) in [4.78, 5) is 47.9. The molecule has 0 aliphatic carbocycles. The molecule has 21 heteroatoms. The molecule has 0 unspecified atom stereocenters. The van der Waals surface area contributed by atoms with Gasteiger partial charge >= 0.3 is 24.2 Å². The van der Waals surface area contributed by atoms with E-state index in [0.29, 0.717) is 45.8 Å². The molecule has 2 fully saturated rings. The Kier molecular flexibility index (Phi) is 10.4. The minimum atomic E-state index is -5.12. The number of carbonyl (C=O) groups is 3. The van der Waals surface area contributed by atoms with E-state index in [2.05, 4.69) is 15.3 Å². The Labute approximate surface area is 302 Å². The number of anilines is 3. The maximum Gasteiger partial charge on any atom is 0.471 e. The highest BCUT2D eigenvalue weighted by Gasteiger charge is 2.46. The van der Waals surface area contributed by atoms with Crippen LogP contribution >= 0.6 is 11.3 Å². The molecular weight excluding hydrogens is 759 g/mol. The van der Waals surface area contributed by atoms with Crippen LogP contribution in [0.15, 0.2) is 35.4 Å². The molecule has 2 saturated heterocycles. The minimum Gasteiger partial charge on any atom is -0.464 e. The smallest absolute Gasteiger partial charge is 0.464 e. The van der Waals surface area contributed by atoms with E-state index in [1.165, 1.54) is 4.90 Å². The molecule has 3 aliphatic heterocycles. The number of esters is 1. The molecule has 1 N–H and O–H groups in total. The summed E-state index contributed by atoms with van der Waals surface area (Å²) >= 11 is 0.598. The standard InChI is InChI=1S/C32H32F6N6O7S2/c1-3-18-10-19(42-6-7-44(29(47)32(36,37)38)20(13-42)16-51-17(2)45)4-5-23(18)40-30-39-12-22(31(33,34)35)26(41-30)24-11-25-27(52-24)28(46)43(21-14-50-15-21)8-9-53(25,48)49/h4-5,10-12,20-21H,3,6-9,13-16H2,1-2H3,(H,39,40,41)/t20-/m1/s1. The molecule has 53 heavy (non-hydrogen) atoms. The Hall–Kier alpha value is -4.50. The molecule has 0 saturated carbocycles. The zero-order valence-electron chi connectivity index (χ0n) is 28.1. The van der Waals surface area contributed by atoms with Crippen LogP contribution in [0.2, 0.25) is 0 Å². The quantitative estimate of drug-likeness (QED) is 0.257. The number of alkyl halides is 6. The number of amides is 2. The van der Waals surface area contributed by atoms with Crippen LogP contribution in [-0.4, -0.2) is 116 Å². The molecule has 2 aromatic heterocycles. The third-order valence-corrected chi connectivity index (χ3v) is 12.0. The van der Waals surface area contributed by atoms with Gasteiger partial charge in [0.2, 0.25) is 5.95 Å². The number of sulfone groups is 1. The highest BCUT2D eigenvalue weighted by Crippen LogP contribution is 2.42. The molecule has 0 bridgehead atoms. The van der Waals surface area contributed by atoms with Crippen molar-refractivity contribution >= 4 is 56.3 Å². The van der Waals surface area contributed by atoms with Crippen molar-refractivity contribution in [2.24, 2.45) is 0 Å². The Morgan fingerprint density at radius 2 is 1.83 bits per heavy atom. The molecule has 1 atom stereocenters. The van der Waals surface area contributed by atoms with Crippen molar-refractivity contribution in [3.63, 3.8) is 0 Å². The van der Waals surface area contributed by atoms with Crippen LogP contribution in [0.3, 0.4) is 0 Å². The SMILES string of the molecule is CCc1cc(N2CCN(C(=O)C(F)(F)F)[C@@H](COC(C)=O)C2)ccc1Nc1ncc(C(F)(F)F)c(-c2cc3c(s2)C(=O)N(C2COC2)CCS3(=O)=O)n1. The molecule has 0 radical (unpaired) electrons. The van der Waals surface area contributed by atoms with Crippen molar-refractivity contribution in [3.8, 4) is 10.6 Å². The van der Waals surface area contributed by atoms with Crippen molar-refractivity contribution in [1.82, 2.24) is 19.8 Å². The Morgan fingerprint density at radius 1 is 1.09 bits per heavy atom. The second-order valence-corrected chi connectivity index (χ2v) is 15.6. The van der Waals surface area contributed by atoms with Gasteiger partial charge in [-0.15, -0.1) is 11.3 Å². The number of hydrogen-bond donors (Lipinski definition) is 1. The van der Waals surface area contributed by atoms with Gasteiger partial charge in [0.1, 0.15) is 17.0 Å². The third kappa shape index (κ3) is 7.91. The summed E-state index contributed by atoms with van der Waals surface area (Å²) < 4.78 is 119. The second-order valence-electron chi connectivity index (χ2n) is 12.5. The van der Waals surface area contributed by atoms with E-state index in [1.54, 1.807) is 30.0 Å². The number of piperazine rings is 1. The lowest BCUT2D eigenvalue weighted by Crippen LogP contribution is -2.59. The summed E-state index contributed by atoms with van der Waals surface area (Å²) in [6, 6.07) is 4.50. The van der Waals surface area contributed by atoms with E-state index >= 15 is 0 Å². The first-order chi connectivity index (χ1) is 24.9. The number of nitrogens with zero attached hydrogens (tertiary/aromatic N) is 5. The van der Waals surface area contributed by atoms with Crippen molar-refractivity contribution < 1.29 is 58.6 Å². The lowest BCUT2D eigenvalue weighted by atomic mass is 10.1. The third-order valence-electron chi connectivity index (χ3n) is 9.02. The number of rotatable bonds is 8. The van der Waals surface area contributed by atoms with Crippen LogP contribution in [-0.2, 0) is 41.5 Å². The molecule has 286 valence electrons. The number of benzene rings is 1. The molecule has 3 aromatic rings. The van der Waals surface area contributed by atoms with E-state index in [1.807, 2.05) is 0 Å². The Morgan fingerprint density at radius 3 is 2.45 bits per heavy atom. The van der Waals surface area contributed by atoms with Gasteiger partial charge in [-0.1, -0.05) is 6.92 Å². The van der Waals surface area contributed by atoms with Crippen LogP contribution in [0.5, 0.6) is 0 Å². The first kappa shape index (κ1) is 38.2. The highest BCUT2D eigenvalue weighted by molar-refractivity contribution is 7.91. The number of halogens is 6. The van der Waals surface area contributed by atoms with Crippen LogP contribution in [0.4, 0.5) is 43.7 Å².